The van der Waals surface area contributed by atoms with Crippen LogP contribution in [0.3, 0.4) is 0 Å². The first-order chi connectivity index (χ1) is 7.42. The summed E-state index contributed by atoms with van der Waals surface area (Å²) < 4.78 is 0.960. The highest BCUT2D eigenvalue weighted by Crippen LogP contribution is 2.38. The number of nitrogens with zero attached hydrogens (tertiary/aromatic N) is 2. The number of nitrogens with one attached hydrogen (secondary N) is 1. The fourth-order valence-corrected chi connectivity index (χ4v) is 3.19. The maximum atomic E-state index is 11.8. The van der Waals surface area contributed by atoms with Crippen molar-refractivity contribution in [1.29, 1.82) is 5.41 Å². The summed E-state index contributed by atoms with van der Waals surface area (Å²) in [6, 6.07) is 0. The second kappa shape index (κ2) is 3.92. The third-order valence-electron chi connectivity index (χ3n) is 2.87. The van der Waals surface area contributed by atoms with Gasteiger partial charge in [0.15, 0.2) is 0 Å². The minimum atomic E-state index is -0.322. The number of carbonyl (C=O) groups excluding carboxylic acids is 1. The van der Waals surface area contributed by atoms with E-state index in [1.807, 2.05) is 6.92 Å². The fraction of sp³-hybridized carbons (Fsp3) is 0.500. The molecule has 6 heteroatoms. The van der Waals surface area contributed by atoms with E-state index in [1.165, 1.54) is 16.2 Å². The highest BCUT2D eigenvalue weighted by atomic mass is 79.9. The molecule has 2 heterocycles. The standard InChI is InChI=1S/C10H12BrN3OS/c1-10(9-13-5-6(11)16-9)3-7(12)14(2)8(15)4-10/h5,12H,3-4H2,1-2H3/t10-/m0/s1. The normalized spacial score (nSPS) is 26.3. The molecule has 0 saturated carbocycles. The van der Waals surface area contributed by atoms with E-state index in [-0.39, 0.29) is 11.3 Å². The van der Waals surface area contributed by atoms with E-state index < -0.39 is 0 Å². The van der Waals surface area contributed by atoms with Gasteiger partial charge < -0.3 is 4.90 Å². The maximum Gasteiger partial charge on any atom is 0.228 e. The molecule has 1 amide bonds. The lowest BCUT2D eigenvalue weighted by atomic mass is 9.80. The second-order valence-electron chi connectivity index (χ2n) is 4.28. The second-order valence-corrected chi connectivity index (χ2v) is 6.69. The molecular weight excluding hydrogens is 290 g/mol. The van der Waals surface area contributed by atoms with Crippen LogP contribution in [0.1, 0.15) is 24.8 Å². The molecule has 4 nitrogen and oxygen atoms in total. The number of hydrogen-bond donors (Lipinski definition) is 1. The molecular formula is C10H12BrN3OS. The van der Waals surface area contributed by atoms with Crippen molar-refractivity contribution in [3.63, 3.8) is 0 Å². The van der Waals surface area contributed by atoms with Crippen molar-refractivity contribution < 1.29 is 4.79 Å². The van der Waals surface area contributed by atoms with Crippen LogP contribution in [-0.2, 0) is 10.2 Å². The van der Waals surface area contributed by atoms with E-state index in [4.69, 9.17) is 5.41 Å². The van der Waals surface area contributed by atoms with Gasteiger partial charge in [-0.15, -0.1) is 11.3 Å². The maximum absolute atomic E-state index is 11.8. The van der Waals surface area contributed by atoms with E-state index in [2.05, 4.69) is 20.9 Å². The molecule has 0 radical (unpaired) electrons. The molecule has 1 aromatic rings. The number of likely N-dealkylation sites (tertiary alicyclic amines) is 1. The molecule has 2 rings (SSSR count). The topological polar surface area (TPSA) is 57.1 Å². The van der Waals surface area contributed by atoms with Crippen LogP contribution < -0.4 is 0 Å². The van der Waals surface area contributed by atoms with Crippen LogP contribution in [0.15, 0.2) is 9.98 Å². The third kappa shape index (κ3) is 1.91. The van der Waals surface area contributed by atoms with Crippen LogP contribution in [0.2, 0.25) is 0 Å². The zero-order valence-corrected chi connectivity index (χ0v) is 11.5. The van der Waals surface area contributed by atoms with E-state index in [9.17, 15) is 4.79 Å². The Morgan fingerprint density at radius 3 is 2.81 bits per heavy atom. The molecule has 0 aliphatic carbocycles. The Balaban J connectivity index is 2.33. The van der Waals surface area contributed by atoms with E-state index in [1.54, 1.807) is 13.2 Å². The van der Waals surface area contributed by atoms with Gasteiger partial charge in [-0.05, 0) is 15.9 Å². The molecule has 1 N–H and O–H groups in total. The first kappa shape index (κ1) is 11.7. The molecule has 0 unspecified atom stereocenters. The Morgan fingerprint density at radius 2 is 2.31 bits per heavy atom. The van der Waals surface area contributed by atoms with Gasteiger partial charge in [0.05, 0.1) is 9.98 Å². The van der Waals surface area contributed by atoms with Gasteiger partial charge in [-0.3, -0.25) is 10.2 Å². The smallest absolute Gasteiger partial charge is 0.228 e. The Morgan fingerprint density at radius 1 is 1.62 bits per heavy atom. The lowest BCUT2D eigenvalue weighted by molar-refractivity contribution is -0.128. The summed E-state index contributed by atoms with van der Waals surface area (Å²) >= 11 is 4.91. The van der Waals surface area contributed by atoms with Gasteiger partial charge in [0.2, 0.25) is 5.91 Å². The average Bonchev–Trinajstić information content (AvgIpc) is 2.62. The fourth-order valence-electron chi connectivity index (χ4n) is 1.84. The molecule has 1 fully saturated rings. The quantitative estimate of drug-likeness (QED) is 0.866. The number of carbonyl (C=O) groups is 1. The number of hydrogen-bond acceptors (Lipinski definition) is 4. The summed E-state index contributed by atoms with van der Waals surface area (Å²) in [6.45, 7) is 2.00. The van der Waals surface area contributed by atoms with Gasteiger partial charge in [-0.1, -0.05) is 6.92 Å². The summed E-state index contributed by atoms with van der Waals surface area (Å²) in [5, 5.41) is 8.73. The number of amidine groups is 1. The predicted octanol–water partition coefficient (Wildman–Crippen LogP) is 2.39. The molecule has 1 aliphatic heterocycles. The van der Waals surface area contributed by atoms with Crippen molar-refractivity contribution in [3.05, 3.63) is 15.0 Å². The van der Waals surface area contributed by atoms with Crippen LogP contribution >= 0.6 is 27.3 Å². The van der Waals surface area contributed by atoms with Gasteiger partial charge in [0, 0.05) is 25.3 Å². The lowest BCUT2D eigenvalue weighted by Gasteiger charge is -2.35. The number of aromatic nitrogens is 1. The molecule has 1 saturated heterocycles. The van der Waals surface area contributed by atoms with Crippen LogP contribution in [-0.4, -0.2) is 28.7 Å². The van der Waals surface area contributed by atoms with Gasteiger partial charge in [0.25, 0.3) is 0 Å². The van der Waals surface area contributed by atoms with Crippen LogP contribution in [0.25, 0.3) is 0 Å². The lowest BCUT2D eigenvalue weighted by Crippen LogP contribution is -2.46. The molecule has 0 spiro atoms. The summed E-state index contributed by atoms with van der Waals surface area (Å²) in [4.78, 5) is 17.5. The van der Waals surface area contributed by atoms with E-state index in [0.29, 0.717) is 18.7 Å². The monoisotopic (exact) mass is 301 g/mol. The van der Waals surface area contributed by atoms with Crippen LogP contribution in [0.4, 0.5) is 0 Å². The molecule has 86 valence electrons. The minimum Gasteiger partial charge on any atom is -0.304 e. The van der Waals surface area contributed by atoms with Gasteiger partial charge >= 0.3 is 0 Å². The summed E-state index contributed by atoms with van der Waals surface area (Å²) in [6.07, 6.45) is 2.73. The number of amides is 1. The number of thiazole rings is 1. The largest absolute Gasteiger partial charge is 0.304 e. The number of piperidine rings is 1. The average molecular weight is 302 g/mol. The van der Waals surface area contributed by atoms with Crippen LogP contribution in [0, 0.1) is 5.41 Å². The summed E-state index contributed by atoms with van der Waals surface area (Å²) in [5.74, 6) is 0.357. The summed E-state index contributed by atoms with van der Waals surface area (Å²) in [5.41, 5.74) is -0.322. The Labute approximate surface area is 106 Å². The molecule has 0 aromatic carbocycles. The van der Waals surface area contributed by atoms with Gasteiger partial charge in [-0.25, -0.2) is 4.98 Å². The first-order valence-corrected chi connectivity index (χ1v) is 6.49. The first-order valence-electron chi connectivity index (χ1n) is 4.88. The third-order valence-corrected chi connectivity index (χ3v) is 4.65. The van der Waals surface area contributed by atoms with Crippen molar-refractivity contribution in [3.8, 4) is 0 Å². The zero-order valence-electron chi connectivity index (χ0n) is 9.08. The molecule has 0 bridgehead atoms. The summed E-state index contributed by atoms with van der Waals surface area (Å²) in [7, 11) is 1.65. The zero-order chi connectivity index (χ0) is 11.9. The Kier molecular flexibility index (Phi) is 2.88. The molecule has 1 aliphatic rings. The predicted molar refractivity (Wildman–Crippen MR) is 66.9 cm³/mol. The Bertz CT molecular complexity index is 439. The van der Waals surface area contributed by atoms with E-state index >= 15 is 0 Å². The molecule has 16 heavy (non-hydrogen) atoms. The molecule has 1 atom stereocenters. The Hall–Kier alpha value is -0.750. The van der Waals surface area contributed by atoms with Gasteiger partial charge in [-0.2, -0.15) is 0 Å². The highest BCUT2D eigenvalue weighted by Gasteiger charge is 2.40. The number of rotatable bonds is 1. The van der Waals surface area contributed by atoms with Crippen molar-refractivity contribution >= 4 is 39.0 Å². The van der Waals surface area contributed by atoms with Gasteiger partial charge in [0.1, 0.15) is 10.8 Å². The van der Waals surface area contributed by atoms with Crippen molar-refractivity contribution in [2.45, 2.75) is 25.2 Å². The minimum absolute atomic E-state index is 0.00919. The van der Waals surface area contributed by atoms with Crippen molar-refractivity contribution in [2.24, 2.45) is 0 Å². The SMILES string of the molecule is CN1C(=N)C[C@](C)(c2ncc(Br)s2)CC1=O. The van der Waals surface area contributed by atoms with Crippen molar-refractivity contribution in [1.82, 2.24) is 9.88 Å². The molecule has 1 aromatic heterocycles. The van der Waals surface area contributed by atoms with Crippen LogP contribution in [0.5, 0.6) is 0 Å². The highest BCUT2D eigenvalue weighted by molar-refractivity contribution is 9.11. The number of halogens is 1. The van der Waals surface area contributed by atoms with E-state index in [0.717, 1.165) is 8.79 Å². The van der Waals surface area contributed by atoms with Crippen molar-refractivity contribution in [2.75, 3.05) is 7.05 Å².